The van der Waals surface area contributed by atoms with Crippen LogP contribution in [0.15, 0.2) is 128 Å². The monoisotopic (exact) mass is 829 g/mol. The topological polar surface area (TPSA) is 146 Å². The van der Waals surface area contributed by atoms with Gasteiger partial charge in [0, 0.05) is 64.0 Å². The fourth-order valence-electron chi connectivity index (χ4n) is 7.37. The Morgan fingerprint density at radius 1 is 0.983 bits per heavy atom. The molecule has 1 fully saturated rings. The molecule has 1 aliphatic heterocycles. The Balaban J connectivity index is 1.17. The Hall–Kier alpha value is -6.63. The molecule has 12 nitrogen and oxygen atoms in total. The number of aromatic amines is 1. The highest BCUT2D eigenvalue weighted by molar-refractivity contribution is 6.31. The third-order valence-corrected chi connectivity index (χ3v) is 10.9. The predicted octanol–water partition coefficient (Wildman–Crippen LogP) is 10.9. The molecule has 3 heterocycles. The van der Waals surface area contributed by atoms with Crippen LogP contribution in [0.5, 0.6) is 5.75 Å². The number of allylic oxidation sites excluding steroid dienone is 1. The van der Waals surface area contributed by atoms with Gasteiger partial charge in [-0.25, -0.2) is 9.78 Å². The Kier molecular flexibility index (Phi) is 12.3. The van der Waals surface area contributed by atoms with E-state index in [2.05, 4.69) is 43.9 Å². The summed E-state index contributed by atoms with van der Waals surface area (Å²) < 4.78 is 5.35. The third kappa shape index (κ3) is 9.09. The van der Waals surface area contributed by atoms with E-state index in [0.717, 1.165) is 27.8 Å². The number of carbonyl (C=O) groups excluding carboxylic acids is 2. The number of nitro benzene ring substituents is 1. The van der Waals surface area contributed by atoms with E-state index in [0.29, 0.717) is 64.3 Å². The van der Waals surface area contributed by atoms with Gasteiger partial charge in [0.2, 0.25) is 0 Å². The Bertz CT molecular complexity index is 2530. The maximum absolute atomic E-state index is 14.8. The summed E-state index contributed by atoms with van der Waals surface area (Å²) in [6.45, 7) is 9.45. The van der Waals surface area contributed by atoms with Gasteiger partial charge in [-0.15, -0.1) is 0 Å². The van der Waals surface area contributed by atoms with Gasteiger partial charge in [-0.2, -0.15) is 0 Å². The number of piperidine rings is 1. The van der Waals surface area contributed by atoms with Crippen LogP contribution in [-0.4, -0.2) is 50.9 Å². The number of anilines is 2. The lowest BCUT2D eigenvalue weighted by molar-refractivity contribution is -0.384. The van der Waals surface area contributed by atoms with Gasteiger partial charge in [0.25, 0.3) is 11.6 Å². The molecule has 1 aliphatic rings. The zero-order chi connectivity index (χ0) is 41.6. The summed E-state index contributed by atoms with van der Waals surface area (Å²) in [6.07, 6.45) is 3.99. The van der Waals surface area contributed by atoms with E-state index in [1.807, 2.05) is 85.8 Å². The summed E-state index contributed by atoms with van der Waals surface area (Å²) in [5.41, 5.74) is 5.78. The number of H-pyrrole nitrogens is 1. The first kappa shape index (κ1) is 40.6. The molecule has 0 aliphatic carbocycles. The molecule has 0 spiro atoms. The Labute approximate surface area is 351 Å². The van der Waals surface area contributed by atoms with Crippen LogP contribution in [0.4, 0.5) is 22.0 Å². The van der Waals surface area contributed by atoms with E-state index in [1.165, 1.54) is 24.3 Å². The first-order valence-electron chi connectivity index (χ1n) is 19.0. The highest BCUT2D eigenvalue weighted by Crippen LogP contribution is 2.41. The van der Waals surface area contributed by atoms with Crippen molar-refractivity contribution in [2.45, 2.75) is 38.8 Å². The second-order valence-electron chi connectivity index (χ2n) is 14.1. The number of non-ortho nitro benzene ring substituents is 1. The quantitative estimate of drug-likeness (QED) is 0.0816. The molecule has 0 saturated carbocycles. The smallest absolute Gasteiger partial charge is 0.410 e. The third-order valence-electron chi connectivity index (χ3n) is 10.4. The van der Waals surface area contributed by atoms with Crippen LogP contribution in [0.25, 0.3) is 22.2 Å². The average molecular weight is 831 g/mol. The number of benzene rings is 4. The summed E-state index contributed by atoms with van der Waals surface area (Å²) in [6, 6.07) is 31.7. The molecule has 1 saturated heterocycles. The van der Waals surface area contributed by atoms with Gasteiger partial charge < -0.3 is 30.2 Å². The van der Waals surface area contributed by atoms with Gasteiger partial charge in [0.15, 0.2) is 5.82 Å². The number of amides is 2. The second kappa shape index (κ2) is 17.9. The number of nitro groups is 1. The van der Waals surface area contributed by atoms with Gasteiger partial charge in [-0.1, -0.05) is 78.3 Å². The number of halogens is 2. The van der Waals surface area contributed by atoms with Crippen molar-refractivity contribution in [2.75, 3.05) is 23.3 Å². The molecule has 1 atom stereocenters. The minimum absolute atomic E-state index is 0.0964. The van der Waals surface area contributed by atoms with Crippen LogP contribution >= 0.6 is 23.2 Å². The molecular weight excluding hydrogens is 789 g/mol. The molecule has 300 valence electrons. The molecule has 14 heteroatoms. The molecule has 2 amide bonds. The predicted molar refractivity (Wildman–Crippen MR) is 234 cm³/mol. The molecule has 2 aromatic heterocycles. The largest absolute Gasteiger partial charge is 0.412 e. The number of nitrogens with one attached hydrogen (secondary N) is 3. The number of hydrogen-bond acceptors (Lipinski definition) is 8. The molecule has 0 bridgehead atoms. The lowest BCUT2D eigenvalue weighted by atomic mass is 9.95. The molecule has 0 radical (unpaired) electrons. The van der Waals surface area contributed by atoms with Crippen LogP contribution in [0.2, 0.25) is 10.0 Å². The van der Waals surface area contributed by atoms with Crippen LogP contribution in [0, 0.1) is 10.1 Å². The van der Waals surface area contributed by atoms with Gasteiger partial charge in [0.05, 0.1) is 22.3 Å². The van der Waals surface area contributed by atoms with Crippen molar-refractivity contribution >= 4 is 74.6 Å². The number of nitrogens with zero attached hydrogens (tertiary/aromatic N) is 4. The van der Waals surface area contributed by atoms with Crippen LogP contribution < -0.4 is 20.3 Å². The fraction of sp³-hybridized carbons (Fsp3) is 0.178. The lowest BCUT2D eigenvalue weighted by Crippen LogP contribution is -2.46. The summed E-state index contributed by atoms with van der Waals surface area (Å²) in [5.74, 6) is 0.411. The minimum atomic E-state index is -0.646. The van der Waals surface area contributed by atoms with Crippen molar-refractivity contribution in [3.8, 4) is 5.75 Å². The fourth-order valence-corrected chi connectivity index (χ4v) is 7.67. The van der Waals surface area contributed by atoms with E-state index >= 15 is 0 Å². The summed E-state index contributed by atoms with van der Waals surface area (Å²) >= 11 is 12.8. The summed E-state index contributed by atoms with van der Waals surface area (Å²) in [5, 5.41) is 19.0. The first-order valence-corrected chi connectivity index (χ1v) is 19.7. The molecule has 7 rings (SSSR count). The van der Waals surface area contributed by atoms with Gasteiger partial charge in [0.1, 0.15) is 11.4 Å². The van der Waals surface area contributed by atoms with Gasteiger partial charge >= 0.3 is 6.09 Å². The number of rotatable bonds is 12. The molecular formula is C45H41Cl2N7O5. The maximum Gasteiger partial charge on any atom is 0.412 e. The van der Waals surface area contributed by atoms with Crippen LogP contribution in [0.1, 0.15) is 59.9 Å². The van der Waals surface area contributed by atoms with Gasteiger partial charge in [-0.05, 0) is 98.1 Å². The Morgan fingerprint density at radius 3 is 2.36 bits per heavy atom. The number of carbonyl (C=O) groups is 2. The van der Waals surface area contributed by atoms with Crippen molar-refractivity contribution < 1.29 is 19.2 Å². The number of hydrogen-bond donors (Lipinski definition) is 3. The zero-order valence-corrected chi connectivity index (χ0v) is 33.8. The molecule has 1 unspecified atom stereocenters. The van der Waals surface area contributed by atoms with Crippen molar-refractivity contribution in [1.29, 1.82) is 0 Å². The normalized spacial score (nSPS) is 13.9. The van der Waals surface area contributed by atoms with Crippen LogP contribution in [0.3, 0.4) is 0 Å². The first-order chi connectivity index (χ1) is 28.5. The zero-order valence-electron chi connectivity index (χ0n) is 32.3. The number of aromatic nitrogens is 2. The number of fused-ring (bicyclic) bond motifs is 1. The second-order valence-corrected chi connectivity index (χ2v) is 15.0. The maximum atomic E-state index is 14.8. The number of ether oxygens (including phenoxy) is 1. The van der Waals surface area contributed by atoms with E-state index in [1.54, 1.807) is 18.5 Å². The average Bonchev–Trinajstić information content (AvgIpc) is 3.61. The van der Waals surface area contributed by atoms with Crippen molar-refractivity contribution in [3.05, 3.63) is 171 Å². The van der Waals surface area contributed by atoms with E-state index in [-0.39, 0.29) is 29.4 Å². The highest BCUT2D eigenvalue weighted by Gasteiger charge is 2.30. The lowest BCUT2D eigenvalue weighted by Gasteiger charge is -2.34. The van der Waals surface area contributed by atoms with Crippen molar-refractivity contribution in [2.24, 2.45) is 0 Å². The van der Waals surface area contributed by atoms with E-state index < -0.39 is 11.0 Å². The van der Waals surface area contributed by atoms with Crippen LogP contribution in [-0.2, 0) is 0 Å². The SMILES string of the molecule is C=CN(/C(=C(\C)c1ccccc1)c1c(C(=O)Nc2cccnc2N2CCC(NC(=O)Oc3ccc([N+](=O)[O-])cc3)CC2)[nH]c2cc(Cl)ccc12)C(C)c1ccc(Cl)cc1. The molecule has 3 N–H and O–H groups in total. The van der Waals surface area contributed by atoms with Crippen molar-refractivity contribution in [3.63, 3.8) is 0 Å². The standard InChI is InChI=1S/C45H41Cl2N7O5/c1-4-53(29(3)31-12-14-32(46)15-13-31)42(28(2)30-9-6-5-7-10-30)40-37-21-16-33(47)27-39(37)50-41(40)44(55)51-38-11-8-24-48-43(38)52-25-22-34(23-26-52)49-45(56)59-36-19-17-35(18-20-36)54(57)58/h4-21,24,27,29,34,50H,1,22-23,25-26H2,2-3H3,(H,49,56)(H,51,55)/b42-28+. The highest BCUT2D eigenvalue weighted by atomic mass is 35.5. The molecule has 59 heavy (non-hydrogen) atoms. The molecule has 6 aromatic rings. The summed E-state index contributed by atoms with van der Waals surface area (Å²) in [7, 11) is 0. The molecule has 4 aromatic carbocycles. The number of pyridine rings is 1. The summed E-state index contributed by atoms with van der Waals surface area (Å²) in [4.78, 5) is 50.1. The minimum Gasteiger partial charge on any atom is -0.410 e. The van der Waals surface area contributed by atoms with E-state index in [9.17, 15) is 19.7 Å². The van der Waals surface area contributed by atoms with Gasteiger partial charge in [-0.3, -0.25) is 14.9 Å². The van der Waals surface area contributed by atoms with Crippen molar-refractivity contribution in [1.82, 2.24) is 20.2 Å². The van der Waals surface area contributed by atoms with E-state index in [4.69, 9.17) is 27.9 Å². The Morgan fingerprint density at radius 2 is 1.68 bits per heavy atom.